The third kappa shape index (κ3) is 2.53. The predicted molar refractivity (Wildman–Crippen MR) is 153 cm³/mol. The molecule has 200 valence electrons. The molecule has 0 aromatic carbocycles. The van der Waals surface area contributed by atoms with Crippen molar-refractivity contribution in [1.29, 1.82) is 0 Å². The molecule has 0 N–H and O–H groups in total. The third-order valence-corrected chi connectivity index (χ3v) is 15.9. The molecule has 0 spiro atoms. The van der Waals surface area contributed by atoms with Crippen molar-refractivity contribution in [2.75, 3.05) is 0 Å². The zero-order chi connectivity index (χ0) is 26.1. The van der Waals surface area contributed by atoms with Crippen LogP contribution in [0.4, 0.5) is 0 Å². The van der Waals surface area contributed by atoms with E-state index in [1.165, 1.54) is 116 Å². The lowest BCUT2D eigenvalue weighted by Crippen LogP contribution is -2.71. The van der Waals surface area contributed by atoms with E-state index < -0.39 is 0 Å². The zero-order valence-electron chi connectivity index (χ0n) is 24.2. The molecule has 0 aromatic heterocycles. The van der Waals surface area contributed by atoms with Gasteiger partial charge in [-0.05, 0) is 166 Å². The summed E-state index contributed by atoms with van der Waals surface area (Å²) in [6.45, 7) is 5.25. The van der Waals surface area contributed by atoms with Crippen LogP contribution in [-0.4, -0.2) is 0 Å². The second kappa shape index (κ2) is 6.28. The summed E-state index contributed by atoms with van der Waals surface area (Å²) in [6, 6.07) is 0. The van der Waals surface area contributed by atoms with E-state index in [4.69, 9.17) is 19.3 Å². The lowest BCUT2D eigenvalue weighted by Gasteiger charge is -2.80. The van der Waals surface area contributed by atoms with Gasteiger partial charge in [0.2, 0.25) is 0 Å². The Labute approximate surface area is 232 Å². The summed E-state index contributed by atoms with van der Waals surface area (Å²) in [4.78, 5) is 0. The highest BCUT2D eigenvalue weighted by molar-refractivity contribution is 5.33. The highest BCUT2D eigenvalue weighted by atomic mass is 14.8. The van der Waals surface area contributed by atoms with Gasteiger partial charge in [0.1, 0.15) is 0 Å². The van der Waals surface area contributed by atoms with E-state index in [1.807, 2.05) is 0 Å². The first kappa shape index (κ1) is 23.4. The maximum absolute atomic E-state index is 6.67. The molecule has 0 heterocycles. The Morgan fingerprint density at radius 3 is 1.05 bits per heavy atom. The van der Waals surface area contributed by atoms with Gasteiger partial charge in [0.15, 0.2) is 0 Å². The largest absolute Gasteiger partial charge is 0.120 e. The van der Waals surface area contributed by atoms with Gasteiger partial charge in [0.05, 0.1) is 0 Å². The molecule has 0 heteroatoms. The maximum Gasteiger partial charge on any atom is 0.0325 e. The first-order valence-electron chi connectivity index (χ1n) is 16.3. The Morgan fingerprint density at radius 1 is 0.395 bits per heavy atom. The van der Waals surface area contributed by atoms with Crippen molar-refractivity contribution in [2.45, 2.75) is 129 Å². The molecule has 38 heavy (non-hydrogen) atoms. The van der Waals surface area contributed by atoms with Gasteiger partial charge in [-0.1, -0.05) is 31.6 Å². The normalized spacial score (nSPS) is 65.9. The highest BCUT2D eigenvalue weighted by Gasteiger charge is 2.78. The second-order valence-corrected chi connectivity index (χ2v) is 19.0. The summed E-state index contributed by atoms with van der Waals surface area (Å²) < 4.78 is 0. The third-order valence-electron chi connectivity index (χ3n) is 15.9. The van der Waals surface area contributed by atoms with Crippen molar-refractivity contribution in [3.8, 4) is 37.0 Å². The molecule has 12 fully saturated rings. The van der Waals surface area contributed by atoms with E-state index in [1.54, 1.807) is 0 Å². The summed E-state index contributed by atoms with van der Waals surface area (Å²) in [5.41, 5.74) is 3.03. The first-order valence-corrected chi connectivity index (χ1v) is 16.3. The molecule has 10 atom stereocenters. The van der Waals surface area contributed by atoms with E-state index >= 15 is 0 Å². The number of terminal acetylenes is 3. The summed E-state index contributed by atoms with van der Waals surface area (Å²) in [7, 11) is 0. The Morgan fingerprint density at radius 2 is 0.711 bits per heavy atom. The molecule has 10 unspecified atom stereocenters. The fourth-order valence-electron chi connectivity index (χ4n) is 17.1. The Kier molecular flexibility index (Phi) is 3.86. The quantitative estimate of drug-likeness (QED) is 0.330. The topological polar surface area (TPSA) is 0 Å². The minimum absolute atomic E-state index is 0.125. The first-order chi connectivity index (χ1) is 17.9. The number of hydrogen-bond donors (Lipinski definition) is 0. The van der Waals surface area contributed by atoms with Gasteiger partial charge in [0.25, 0.3) is 0 Å². The van der Waals surface area contributed by atoms with Crippen molar-refractivity contribution in [3.05, 3.63) is 0 Å². The lowest BCUT2D eigenvalue weighted by molar-refractivity contribution is -0.298. The molecule has 0 aliphatic heterocycles. The van der Waals surface area contributed by atoms with E-state index in [2.05, 4.69) is 31.6 Å². The van der Waals surface area contributed by atoms with E-state index in [0.29, 0.717) is 32.5 Å². The number of hydrogen-bond acceptors (Lipinski definition) is 0. The van der Waals surface area contributed by atoms with Gasteiger partial charge < -0.3 is 0 Å². The molecule has 12 saturated carbocycles. The maximum atomic E-state index is 6.67. The van der Waals surface area contributed by atoms with Gasteiger partial charge in [-0.3, -0.25) is 0 Å². The van der Waals surface area contributed by atoms with E-state index in [0.717, 1.165) is 17.8 Å². The van der Waals surface area contributed by atoms with Crippen molar-refractivity contribution in [1.82, 2.24) is 0 Å². The van der Waals surface area contributed by atoms with Crippen molar-refractivity contribution in [3.63, 3.8) is 0 Å². The average molecular weight is 505 g/mol. The van der Waals surface area contributed by atoms with Crippen LogP contribution in [0.1, 0.15) is 129 Å². The van der Waals surface area contributed by atoms with Crippen LogP contribution >= 0.6 is 0 Å². The Balaban J connectivity index is 1.22. The van der Waals surface area contributed by atoms with Gasteiger partial charge in [-0.2, -0.15) is 0 Å². The average Bonchev–Trinajstić information content (AvgIpc) is 2.80. The number of rotatable bonds is 2. The summed E-state index contributed by atoms with van der Waals surface area (Å²) in [5, 5.41) is 0. The van der Waals surface area contributed by atoms with Crippen LogP contribution in [0, 0.1) is 104 Å². The van der Waals surface area contributed by atoms with Gasteiger partial charge in [-0.15, -0.1) is 19.3 Å². The van der Waals surface area contributed by atoms with Gasteiger partial charge >= 0.3 is 0 Å². The molecule has 12 bridgehead atoms. The van der Waals surface area contributed by atoms with E-state index in [9.17, 15) is 0 Å². The molecule has 0 radical (unpaired) electrons. The van der Waals surface area contributed by atoms with Crippen LogP contribution in [-0.2, 0) is 0 Å². The molecule has 12 rings (SSSR count). The smallest absolute Gasteiger partial charge is 0.0325 e. The van der Waals surface area contributed by atoms with Gasteiger partial charge in [0, 0.05) is 16.2 Å². The molecular weight excluding hydrogens is 456 g/mol. The van der Waals surface area contributed by atoms with Crippen LogP contribution in [0.3, 0.4) is 0 Å². The summed E-state index contributed by atoms with van der Waals surface area (Å²) in [5.74, 6) is 13.1. The summed E-state index contributed by atoms with van der Waals surface area (Å²) in [6.07, 6.45) is 44.4. The van der Waals surface area contributed by atoms with Crippen LogP contribution in [0.15, 0.2) is 0 Å². The molecule has 0 nitrogen and oxygen atoms in total. The minimum atomic E-state index is 0.125. The molecule has 0 aromatic rings. The van der Waals surface area contributed by atoms with Crippen molar-refractivity contribution >= 4 is 0 Å². The van der Waals surface area contributed by atoms with Gasteiger partial charge in [-0.25, -0.2) is 0 Å². The second-order valence-electron chi connectivity index (χ2n) is 19.0. The molecule has 0 amide bonds. The van der Waals surface area contributed by atoms with Crippen molar-refractivity contribution in [2.24, 2.45) is 66.5 Å². The predicted octanol–water partition coefficient (Wildman–Crippen LogP) is 8.80. The van der Waals surface area contributed by atoms with Crippen LogP contribution < -0.4 is 0 Å². The Bertz CT molecular complexity index is 1200. The molecule has 12 aliphatic rings. The molecular formula is C38H48. The van der Waals surface area contributed by atoms with Crippen LogP contribution in [0.5, 0.6) is 0 Å². The monoisotopic (exact) mass is 504 g/mol. The molecule has 12 aliphatic carbocycles. The highest BCUT2D eigenvalue weighted by Crippen LogP contribution is 2.86. The lowest BCUT2D eigenvalue weighted by atomic mass is 9.24. The summed E-state index contributed by atoms with van der Waals surface area (Å²) >= 11 is 0. The molecule has 0 saturated heterocycles. The van der Waals surface area contributed by atoms with E-state index in [-0.39, 0.29) is 16.2 Å². The fourth-order valence-corrected chi connectivity index (χ4v) is 17.1. The zero-order valence-corrected chi connectivity index (χ0v) is 24.2. The SMILES string of the molecule is C#CC12CC3CC(C)(C1)CC(C14CC5CC(C#C)(C1)CC(C16CC7CC(C)(CC(C#C)(C7)C1)C6)(C5)C4)(C3)C2. The standard InChI is InChI=1S/C38H48/c1-6-32-11-27-9-30(4,18-32)20-35(14-27,22-32)37-16-29-13-34(8-3,24-37)25-38(17-29,26-37)36-15-28-10-31(5,21-36)19-33(7-2,12-28)23-36/h1-3,27-29H,9-26H2,4-5H3. The Hall–Kier alpha value is -1.32. The van der Waals surface area contributed by atoms with Crippen molar-refractivity contribution < 1.29 is 0 Å². The fraction of sp³-hybridized carbons (Fsp3) is 0.842. The minimum Gasteiger partial charge on any atom is -0.120 e. The van der Waals surface area contributed by atoms with Crippen LogP contribution in [0.2, 0.25) is 0 Å². The van der Waals surface area contributed by atoms with Crippen LogP contribution in [0.25, 0.3) is 0 Å².